The fraction of sp³-hybridized carbons (Fsp3) is 0.316. The highest BCUT2D eigenvalue weighted by Gasteiger charge is 2.37. The zero-order valence-electron chi connectivity index (χ0n) is 15.2. The van der Waals surface area contributed by atoms with Crippen LogP contribution in [-0.4, -0.2) is 26.1 Å². The topological polar surface area (TPSA) is 3.24 Å². The monoisotopic (exact) mass is 357 g/mol. The second-order valence-corrected chi connectivity index (χ2v) is 19.0. The van der Waals surface area contributed by atoms with Gasteiger partial charge in [-0.15, -0.1) is 0 Å². The molecule has 0 amide bonds. The first-order valence-corrected chi connectivity index (χ1v) is 16.0. The van der Waals surface area contributed by atoms with Crippen LogP contribution in [0.2, 0.25) is 39.3 Å². The summed E-state index contributed by atoms with van der Waals surface area (Å²) in [5.74, 6) is 0. The van der Waals surface area contributed by atoms with Crippen LogP contribution in [0.3, 0.4) is 0 Å². The Morgan fingerprint density at radius 3 is 1.57 bits per heavy atom. The average molecular weight is 358 g/mol. The minimum absolute atomic E-state index is 1.31. The lowest BCUT2D eigenvalue weighted by Gasteiger charge is -2.44. The summed E-state index contributed by atoms with van der Waals surface area (Å²) >= 11 is 0. The molecule has 23 heavy (non-hydrogen) atoms. The molecule has 0 saturated heterocycles. The molecule has 1 nitrogen and oxygen atoms in total. The van der Waals surface area contributed by atoms with Crippen LogP contribution >= 0.6 is 8.20 Å². The van der Waals surface area contributed by atoms with Crippen molar-refractivity contribution >= 4 is 35.4 Å². The van der Waals surface area contributed by atoms with Gasteiger partial charge in [0.15, 0.2) is 0 Å². The van der Waals surface area contributed by atoms with Crippen molar-refractivity contribution < 1.29 is 0 Å². The SMILES string of the molecule is C[Si](C)(C)N(C(=Pc1ccccc1)c1ccccc1)[Si](C)(C)C. The van der Waals surface area contributed by atoms with E-state index in [1.54, 1.807) is 0 Å². The zero-order chi connectivity index (χ0) is 17.1. The Morgan fingerprint density at radius 1 is 0.696 bits per heavy atom. The molecule has 2 rings (SSSR count). The molecule has 0 aliphatic rings. The van der Waals surface area contributed by atoms with Gasteiger partial charge in [0, 0.05) is 10.7 Å². The lowest BCUT2D eigenvalue weighted by Crippen LogP contribution is -2.61. The van der Waals surface area contributed by atoms with E-state index in [-0.39, 0.29) is 0 Å². The second kappa shape index (κ2) is 7.27. The summed E-state index contributed by atoms with van der Waals surface area (Å²) in [7, 11) is -1.63. The van der Waals surface area contributed by atoms with Gasteiger partial charge in [0.1, 0.15) is 16.5 Å². The van der Waals surface area contributed by atoms with Gasteiger partial charge in [-0.2, -0.15) is 0 Å². The molecule has 4 heteroatoms. The Labute approximate surface area is 145 Å². The van der Waals surface area contributed by atoms with E-state index in [4.69, 9.17) is 0 Å². The molecule has 2 aromatic rings. The van der Waals surface area contributed by atoms with E-state index in [1.165, 1.54) is 24.5 Å². The molecule has 0 radical (unpaired) electrons. The molecule has 0 N–H and O–H groups in total. The van der Waals surface area contributed by atoms with E-state index in [9.17, 15) is 0 Å². The second-order valence-electron chi connectivity index (χ2n) is 7.81. The van der Waals surface area contributed by atoms with E-state index in [0.29, 0.717) is 0 Å². The highest BCUT2D eigenvalue weighted by molar-refractivity contribution is 7.50. The summed E-state index contributed by atoms with van der Waals surface area (Å²) in [5, 5.41) is 1.37. The number of rotatable bonds is 5. The van der Waals surface area contributed by atoms with Crippen LogP contribution in [0.4, 0.5) is 0 Å². The Kier molecular flexibility index (Phi) is 5.80. The summed E-state index contributed by atoms with van der Waals surface area (Å²) in [6.45, 7) is 14.8. The highest BCUT2D eigenvalue weighted by Crippen LogP contribution is 2.26. The van der Waals surface area contributed by atoms with Gasteiger partial charge in [0.05, 0.1) is 0 Å². The normalized spacial score (nSPS) is 13.4. The summed E-state index contributed by atoms with van der Waals surface area (Å²) in [4.78, 5) is 0. The van der Waals surface area contributed by atoms with Gasteiger partial charge < -0.3 is 4.23 Å². The molecule has 0 atom stereocenters. The maximum absolute atomic E-state index is 2.84. The molecule has 0 heterocycles. The van der Waals surface area contributed by atoms with Crippen LogP contribution in [0.1, 0.15) is 5.56 Å². The van der Waals surface area contributed by atoms with Crippen molar-refractivity contribution in [2.45, 2.75) is 39.3 Å². The van der Waals surface area contributed by atoms with Crippen molar-refractivity contribution in [2.75, 3.05) is 0 Å². The van der Waals surface area contributed by atoms with Gasteiger partial charge in [0.25, 0.3) is 0 Å². The van der Waals surface area contributed by atoms with Gasteiger partial charge in [-0.25, -0.2) is 0 Å². The lowest BCUT2D eigenvalue weighted by molar-refractivity contribution is 0.919. The van der Waals surface area contributed by atoms with E-state index < -0.39 is 16.5 Å². The first-order valence-electron chi connectivity index (χ1n) is 8.19. The standard InChI is InChI=1S/C19H28NPSi2/c1-22(2,3)20(23(4,5)6)19(17-13-9-7-10-14-17)21-18-15-11-8-12-16-18/h7-16H,1-6H3. The molecule has 122 valence electrons. The molecule has 0 saturated carbocycles. The molecule has 2 aromatic carbocycles. The molecule has 0 fully saturated rings. The fourth-order valence-corrected chi connectivity index (χ4v) is 15.7. The zero-order valence-corrected chi connectivity index (χ0v) is 18.1. The van der Waals surface area contributed by atoms with E-state index in [0.717, 1.165) is 0 Å². The molecule has 0 aliphatic carbocycles. The van der Waals surface area contributed by atoms with Crippen LogP contribution in [0.15, 0.2) is 60.7 Å². The van der Waals surface area contributed by atoms with Gasteiger partial charge in [0.2, 0.25) is 0 Å². The molecular formula is C19H28NPSi2. The third-order valence-electron chi connectivity index (χ3n) is 3.58. The summed E-state index contributed by atoms with van der Waals surface area (Å²) in [6.07, 6.45) is 0. The largest absolute Gasteiger partial charge is 0.313 e. The Balaban J connectivity index is 2.64. The lowest BCUT2D eigenvalue weighted by atomic mass is 10.2. The molecule has 0 bridgehead atoms. The van der Waals surface area contributed by atoms with Crippen LogP contribution in [0.25, 0.3) is 0 Å². The molecule has 0 aromatic heterocycles. The van der Waals surface area contributed by atoms with Crippen molar-refractivity contribution in [2.24, 2.45) is 0 Å². The van der Waals surface area contributed by atoms with Crippen molar-refractivity contribution in [3.63, 3.8) is 0 Å². The number of nitrogens with zero attached hydrogens (tertiary/aromatic N) is 1. The first-order chi connectivity index (χ1) is 10.7. The smallest absolute Gasteiger partial charge is 0.117 e. The number of hydrogen-bond acceptors (Lipinski definition) is 0. The van der Waals surface area contributed by atoms with Gasteiger partial charge in [-0.1, -0.05) is 99.9 Å². The third kappa shape index (κ3) is 4.99. The molecular weight excluding hydrogens is 329 g/mol. The predicted octanol–water partition coefficient (Wildman–Crippen LogP) is 5.41. The van der Waals surface area contributed by atoms with Crippen molar-refractivity contribution in [1.29, 1.82) is 0 Å². The predicted molar refractivity (Wildman–Crippen MR) is 112 cm³/mol. The fourth-order valence-electron chi connectivity index (χ4n) is 3.10. The van der Waals surface area contributed by atoms with Crippen molar-refractivity contribution in [3.8, 4) is 0 Å². The minimum atomic E-state index is -1.47. The summed E-state index contributed by atoms with van der Waals surface area (Å²) in [6, 6.07) is 21.8. The molecule has 0 spiro atoms. The van der Waals surface area contributed by atoms with Crippen molar-refractivity contribution in [3.05, 3.63) is 66.2 Å². The summed E-state index contributed by atoms with van der Waals surface area (Å²) in [5.41, 5.74) is 2.85. The van der Waals surface area contributed by atoms with Crippen molar-refractivity contribution in [1.82, 2.24) is 4.23 Å². The Morgan fingerprint density at radius 2 is 1.13 bits per heavy atom. The number of benzene rings is 2. The van der Waals surface area contributed by atoms with Crippen LogP contribution in [-0.2, 0) is 0 Å². The maximum atomic E-state index is 2.84. The van der Waals surface area contributed by atoms with E-state index >= 15 is 0 Å². The molecule has 0 aliphatic heterocycles. The van der Waals surface area contributed by atoms with Crippen LogP contribution in [0.5, 0.6) is 0 Å². The van der Waals surface area contributed by atoms with Crippen LogP contribution < -0.4 is 5.30 Å². The summed E-state index contributed by atoms with van der Waals surface area (Å²) < 4.78 is 2.84. The third-order valence-corrected chi connectivity index (χ3v) is 12.3. The highest BCUT2D eigenvalue weighted by atomic mass is 31.1. The van der Waals surface area contributed by atoms with Gasteiger partial charge in [-0.05, 0) is 13.8 Å². The van der Waals surface area contributed by atoms with Gasteiger partial charge >= 0.3 is 0 Å². The quantitative estimate of drug-likeness (QED) is 0.511. The Bertz CT molecular complexity index is 641. The maximum Gasteiger partial charge on any atom is 0.117 e. The van der Waals surface area contributed by atoms with E-state index in [2.05, 4.69) is 104 Å². The van der Waals surface area contributed by atoms with Crippen LogP contribution in [0, 0.1) is 0 Å². The van der Waals surface area contributed by atoms with Gasteiger partial charge in [-0.3, -0.25) is 0 Å². The Hall–Kier alpha value is -0.996. The number of hydrogen-bond donors (Lipinski definition) is 0. The molecule has 0 unspecified atom stereocenters. The minimum Gasteiger partial charge on any atom is -0.313 e. The van der Waals surface area contributed by atoms with E-state index in [1.807, 2.05) is 0 Å². The average Bonchev–Trinajstić information content (AvgIpc) is 2.46. The first kappa shape index (κ1) is 18.3.